The van der Waals surface area contributed by atoms with E-state index >= 15 is 0 Å². The first-order chi connectivity index (χ1) is 28.0. The number of carbonyl (C=O) groups is 1. The van der Waals surface area contributed by atoms with Crippen molar-refractivity contribution in [2.24, 2.45) is 0 Å². The zero-order chi connectivity index (χ0) is 40.6. The van der Waals surface area contributed by atoms with Crippen LogP contribution in [-0.2, 0) is 10.0 Å². The molecule has 8 rings (SSSR count). The van der Waals surface area contributed by atoms with Crippen molar-refractivity contribution >= 4 is 44.6 Å². The van der Waals surface area contributed by atoms with Gasteiger partial charge >= 0.3 is 0 Å². The fraction of sp³-hybridized carbons (Fsp3) is 0.286. The minimum atomic E-state index is -3.16. The van der Waals surface area contributed by atoms with Gasteiger partial charge < -0.3 is 20.3 Å². The molecule has 0 bridgehead atoms. The number of para-hydroxylation sites is 1. The maximum absolute atomic E-state index is 14.3. The number of rotatable bonds is 10. The van der Waals surface area contributed by atoms with E-state index in [1.165, 1.54) is 12.3 Å². The molecule has 0 unspecified atom stereocenters. The average molecular weight is 808 g/mol. The number of pyridine rings is 1. The molecular weight excluding hydrogens is 765 g/mol. The number of hydrogen-bond donors (Lipinski definition) is 2. The van der Waals surface area contributed by atoms with E-state index < -0.39 is 33.3 Å². The SMILES string of the molecule is COc1cc(N2CCC(N3CCN(S(C)(=O)=O)CC3)CC2)c(C)cc1Nc1nccc(-c2c(-c3cccc(C(=O)Nc4c(F)cccc4F)c3)nc3ccccn23)n1. The molecule has 58 heavy (non-hydrogen) atoms. The highest BCUT2D eigenvalue weighted by Gasteiger charge is 2.31. The van der Waals surface area contributed by atoms with E-state index in [2.05, 4.69) is 32.3 Å². The number of aryl methyl sites for hydroxylation is 1. The van der Waals surface area contributed by atoms with Gasteiger partial charge in [-0.2, -0.15) is 4.31 Å². The molecule has 0 spiro atoms. The predicted molar refractivity (Wildman–Crippen MR) is 220 cm³/mol. The summed E-state index contributed by atoms with van der Waals surface area (Å²) in [6, 6.07) is 22.0. The van der Waals surface area contributed by atoms with Gasteiger partial charge in [0, 0.05) is 80.6 Å². The Balaban J connectivity index is 1.02. The number of ether oxygens (including phenoxy) is 1. The van der Waals surface area contributed by atoms with Crippen molar-refractivity contribution in [3.05, 3.63) is 114 Å². The van der Waals surface area contributed by atoms with E-state index in [4.69, 9.17) is 14.7 Å². The van der Waals surface area contributed by atoms with Crippen LogP contribution in [0.5, 0.6) is 5.75 Å². The Kier molecular flexibility index (Phi) is 10.8. The lowest BCUT2D eigenvalue weighted by Gasteiger charge is -2.43. The van der Waals surface area contributed by atoms with E-state index in [1.807, 2.05) is 47.0 Å². The largest absolute Gasteiger partial charge is 0.494 e. The standard InChI is InChI=1S/C42H43F2N9O4S/c1-27-24-34(36(57-2)26-35(27)51-18-14-30(15-19-51)50-20-22-52(23-21-50)58(3,55)56)47-42-45-16-13-33(46-42)40-38(48-37-12-4-5-17-53(37)40)28-8-6-9-29(25-28)41(54)49-39-31(43)10-7-11-32(39)44/h4-13,16-17,24-26,30H,14-15,18-23H2,1-3H3,(H,49,54)(H,45,46,47). The summed E-state index contributed by atoms with van der Waals surface area (Å²) in [5, 5.41) is 5.72. The summed E-state index contributed by atoms with van der Waals surface area (Å²) in [4.78, 5) is 32.4. The van der Waals surface area contributed by atoms with Crippen LogP contribution < -0.4 is 20.3 Å². The summed E-state index contributed by atoms with van der Waals surface area (Å²) in [6.45, 7) is 6.39. The highest BCUT2D eigenvalue weighted by molar-refractivity contribution is 7.88. The normalized spacial score (nSPS) is 15.8. The van der Waals surface area contributed by atoms with Gasteiger partial charge in [0.25, 0.3) is 5.91 Å². The molecule has 2 fully saturated rings. The first-order valence-corrected chi connectivity index (χ1v) is 20.9. The van der Waals surface area contributed by atoms with Crippen molar-refractivity contribution in [3.63, 3.8) is 0 Å². The Morgan fingerprint density at radius 3 is 2.34 bits per heavy atom. The molecule has 3 aromatic carbocycles. The number of benzene rings is 3. The van der Waals surface area contributed by atoms with Crippen molar-refractivity contribution in [1.29, 1.82) is 0 Å². The fourth-order valence-corrected chi connectivity index (χ4v) is 8.71. The molecule has 2 aliphatic heterocycles. The summed E-state index contributed by atoms with van der Waals surface area (Å²) in [7, 11) is -1.53. The second kappa shape index (κ2) is 16.1. The highest BCUT2D eigenvalue weighted by atomic mass is 32.2. The molecule has 2 saturated heterocycles. The number of anilines is 4. The fourth-order valence-electron chi connectivity index (χ4n) is 7.88. The van der Waals surface area contributed by atoms with Crippen LogP contribution in [0.3, 0.4) is 0 Å². The minimum absolute atomic E-state index is 0.188. The highest BCUT2D eigenvalue weighted by Crippen LogP contribution is 2.37. The number of amides is 1. The Hall–Kier alpha value is -5.97. The van der Waals surface area contributed by atoms with Crippen LogP contribution in [0.15, 0.2) is 91.3 Å². The van der Waals surface area contributed by atoms with Crippen molar-refractivity contribution in [3.8, 4) is 28.4 Å². The molecule has 16 heteroatoms. The number of aromatic nitrogens is 4. The number of fused-ring (bicyclic) bond motifs is 1. The lowest BCUT2D eigenvalue weighted by molar-refractivity contribution is 0.102. The zero-order valence-electron chi connectivity index (χ0n) is 32.3. The number of carbonyl (C=O) groups excluding carboxylic acids is 1. The van der Waals surface area contributed by atoms with Crippen molar-refractivity contribution in [1.82, 2.24) is 28.6 Å². The summed E-state index contributed by atoms with van der Waals surface area (Å²) < 4.78 is 62.0. The Labute approximate surface area is 335 Å². The summed E-state index contributed by atoms with van der Waals surface area (Å²) in [5.74, 6) is -1.46. The molecule has 0 atom stereocenters. The van der Waals surface area contributed by atoms with Gasteiger partial charge in [0.2, 0.25) is 16.0 Å². The van der Waals surface area contributed by atoms with E-state index in [9.17, 15) is 22.0 Å². The van der Waals surface area contributed by atoms with E-state index in [-0.39, 0.29) is 5.56 Å². The second-order valence-corrected chi connectivity index (χ2v) is 16.5. The molecule has 1 amide bonds. The number of nitrogens with one attached hydrogen (secondary N) is 2. The van der Waals surface area contributed by atoms with Gasteiger partial charge in [-0.25, -0.2) is 32.2 Å². The molecule has 13 nitrogen and oxygen atoms in total. The monoisotopic (exact) mass is 807 g/mol. The van der Waals surface area contributed by atoms with Crippen molar-refractivity contribution < 1.29 is 26.7 Å². The number of nitrogens with zero attached hydrogens (tertiary/aromatic N) is 7. The van der Waals surface area contributed by atoms with Gasteiger partial charge in [-0.15, -0.1) is 0 Å². The maximum Gasteiger partial charge on any atom is 0.255 e. The smallest absolute Gasteiger partial charge is 0.255 e. The molecule has 5 heterocycles. The quantitative estimate of drug-likeness (QED) is 0.156. The second-order valence-electron chi connectivity index (χ2n) is 14.5. The van der Waals surface area contributed by atoms with Crippen LogP contribution in [0.4, 0.5) is 31.8 Å². The third-order valence-corrected chi connectivity index (χ3v) is 12.2. The van der Waals surface area contributed by atoms with Crippen molar-refractivity contribution in [2.45, 2.75) is 25.8 Å². The molecule has 0 saturated carbocycles. The minimum Gasteiger partial charge on any atom is -0.494 e. The third-order valence-electron chi connectivity index (χ3n) is 10.9. The van der Waals surface area contributed by atoms with Gasteiger partial charge in [0.15, 0.2) is 0 Å². The third kappa shape index (κ3) is 7.95. The van der Waals surface area contributed by atoms with Crippen molar-refractivity contribution in [2.75, 3.05) is 68.2 Å². The number of sulfonamides is 1. The Morgan fingerprint density at radius 2 is 1.62 bits per heavy atom. The van der Waals surface area contributed by atoms with E-state index in [0.29, 0.717) is 64.8 Å². The molecule has 6 aromatic rings. The lowest BCUT2D eigenvalue weighted by Crippen LogP contribution is -2.54. The Bertz CT molecular complexity index is 2590. The van der Waals surface area contributed by atoms with Gasteiger partial charge in [-0.3, -0.25) is 14.1 Å². The molecular formula is C42H43F2N9O4S. The van der Waals surface area contributed by atoms with Crippen LogP contribution in [-0.4, -0.2) is 102 Å². The number of hydrogen-bond acceptors (Lipinski definition) is 10. The molecule has 0 aliphatic carbocycles. The summed E-state index contributed by atoms with van der Waals surface area (Å²) in [5.41, 5.74) is 5.51. The first kappa shape index (κ1) is 38.9. The van der Waals surface area contributed by atoms with Crippen LogP contribution in [0.25, 0.3) is 28.3 Å². The topological polar surface area (TPSA) is 137 Å². The number of halogens is 2. The van der Waals surface area contributed by atoms with Crippen LogP contribution in [0.1, 0.15) is 28.8 Å². The van der Waals surface area contributed by atoms with Gasteiger partial charge in [-0.1, -0.05) is 24.3 Å². The van der Waals surface area contributed by atoms with Crippen LogP contribution in [0.2, 0.25) is 0 Å². The molecule has 3 aromatic heterocycles. The predicted octanol–water partition coefficient (Wildman–Crippen LogP) is 6.60. The van der Waals surface area contributed by atoms with Crippen LogP contribution >= 0.6 is 0 Å². The molecule has 0 radical (unpaired) electrons. The van der Waals surface area contributed by atoms with Gasteiger partial charge in [0.05, 0.1) is 36.1 Å². The number of piperidine rings is 1. The molecule has 300 valence electrons. The van der Waals surface area contributed by atoms with Gasteiger partial charge in [-0.05, 0) is 73.9 Å². The number of imidazole rings is 1. The molecule has 2 aliphatic rings. The molecule has 2 N–H and O–H groups in total. The Morgan fingerprint density at radius 1 is 0.879 bits per heavy atom. The van der Waals surface area contributed by atoms with Gasteiger partial charge in [0.1, 0.15) is 28.7 Å². The first-order valence-electron chi connectivity index (χ1n) is 19.0. The zero-order valence-corrected chi connectivity index (χ0v) is 33.1. The average Bonchev–Trinajstić information content (AvgIpc) is 3.62. The summed E-state index contributed by atoms with van der Waals surface area (Å²) >= 11 is 0. The number of piperazine rings is 1. The maximum atomic E-state index is 14.3. The summed E-state index contributed by atoms with van der Waals surface area (Å²) in [6.07, 6.45) is 6.78. The number of methoxy groups -OCH3 is 1. The van der Waals surface area contributed by atoms with E-state index in [1.54, 1.807) is 41.9 Å². The van der Waals surface area contributed by atoms with Crippen LogP contribution in [0, 0.1) is 18.6 Å². The lowest BCUT2D eigenvalue weighted by atomic mass is 10.0. The van der Waals surface area contributed by atoms with E-state index in [0.717, 1.165) is 62.4 Å².